The average Bonchev–Trinajstić information content (AvgIpc) is 2.49. The van der Waals surface area contributed by atoms with Gasteiger partial charge in [0, 0.05) is 11.0 Å². The Morgan fingerprint density at radius 2 is 1.81 bits per heavy atom. The Hall–Kier alpha value is -1.36. The van der Waals surface area contributed by atoms with Crippen molar-refractivity contribution in [1.29, 1.82) is 0 Å². The van der Waals surface area contributed by atoms with E-state index in [1.165, 1.54) is 5.56 Å². The van der Waals surface area contributed by atoms with E-state index in [1.807, 2.05) is 37.4 Å². The third kappa shape index (κ3) is 5.87. The van der Waals surface area contributed by atoms with Crippen molar-refractivity contribution >= 4 is 15.9 Å². The molecule has 0 spiro atoms. The van der Waals surface area contributed by atoms with E-state index in [2.05, 4.69) is 39.4 Å². The van der Waals surface area contributed by atoms with Crippen molar-refractivity contribution in [2.24, 2.45) is 0 Å². The molecule has 0 unspecified atom stereocenters. The first kappa shape index (κ1) is 16.0. The second-order valence-electron chi connectivity index (χ2n) is 4.71. The van der Waals surface area contributed by atoms with E-state index in [4.69, 9.17) is 9.47 Å². The van der Waals surface area contributed by atoms with Crippen LogP contribution in [-0.2, 0) is 17.9 Å². The Morgan fingerprint density at radius 1 is 1.00 bits per heavy atom. The molecule has 0 heterocycles. The molecule has 2 aromatic carbocycles. The van der Waals surface area contributed by atoms with Gasteiger partial charge in [-0.2, -0.15) is 0 Å². The molecule has 4 heteroatoms. The maximum Gasteiger partial charge on any atom is 0.119 e. The summed E-state index contributed by atoms with van der Waals surface area (Å²) in [6, 6.07) is 16.2. The van der Waals surface area contributed by atoms with Crippen LogP contribution in [0.3, 0.4) is 0 Å². The van der Waals surface area contributed by atoms with Crippen molar-refractivity contribution in [3.05, 3.63) is 64.1 Å². The van der Waals surface area contributed by atoms with E-state index in [-0.39, 0.29) is 0 Å². The first-order valence-electron chi connectivity index (χ1n) is 6.96. The second-order valence-corrected chi connectivity index (χ2v) is 5.62. The van der Waals surface area contributed by atoms with Gasteiger partial charge in [0.1, 0.15) is 12.4 Å². The van der Waals surface area contributed by atoms with Gasteiger partial charge in [0.05, 0.1) is 13.2 Å². The van der Waals surface area contributed by atoms with Crippen molar-refractivity contribution in [2.75, 3.05) is 20.3 Å². The smallest absolute Gasteiger partial charge is 0.119 e. The summed E-state index contributed by atoms with van der Waals surface area (Å²) in [5.41, 5.74) is 2.40. The van der Waals surface area contributed by atoms with Crippen LogP contribution in [0.25, 0.3) is 0 Å². The van der Waals surface area contributed by atoms with Gasteiger partial charge in [-0.15, -0.1) is 0 Å². The largest absolute Gasteiger partial charge is 0.491 e. The molecule has 0 aliphatic carbocycles. The molecule has 2 rings (SSSR count). The summed E-state index contributed by atoms with van der Waals surface area (Å²) in [5.74, 6) is 0.876. The van der Waals surface area contributed by atoms with E-state index in [0.29, 0.717) is 19.8 Å². The predicted octanol–water partition coefficient (Wildman–Crippen LogP) is 3.76. The fourth-order valence-electron chi connectivity index (χ4n) is 1.94. The number of rotatable bonds is 8. The maximum absolute atomic E-state index is 5.65. The summed E-state index contributed by atoms with van der Waals surface area (Å²) in [6.45, 7) is 2.60. The molecule has 21 heavy (non-hydrogen) atoms. The molecule has 0 aliphatic heterocycles. The van der Waals surface area contributed by atoms with Crippen molar-refractivity contribution in [3.63, 3.8) is 0 Å². The lowest BCUT2D eigenvalue weighted by molar-refractivity contribution is 0.0889. The minimum absolute atomic E-state index is 0.555. The van der Waals surface area contributed by atoms with Gasteiger partial charge < -0.3 is 14.8 Å². The van der Waals surface area contributed by atoms with Crippen molar-refractivity contribution in [2.45, 2.75) is 13.2 Å². The lowest BCUT2D eigenvalue weighted by atomic mass is 10.2. The molecule has 0 aliphatic rings. The molecule has 0 radical (unpaired) electrons. The molecule has 0 saturated carbocycles. The van der Waals surface area contributed by atoms with Crippen LogP contribution in [0.1, 0.15) is 11.1 Å². The van der Waals surface area contributed by atoms with Gasteiger partial charge in [0.25, 0.3) is 0 Å². The van der Waals surface area contributed by atoms with Crippen molar-refractivity contribution in [1.82, 2.24) is 5.32 Å². The lowest BCUT2D eigenvalue weighted by Crippen LogP contribution is -2.07. The molecule has 1 N–H and O–H groups in total. The van der Waals surface area contributed by atoms with Crippen molar-refractivity contribution in [3.8, 4) is 5.75 Å². The van der Waals surface area contributed by atoms with Crippen LogP contribution in [0.5, 0.6) is 5.75 Å². The molecule has 3 nitrogen and oxygen atoms in total. The summed E-state index contributed by atoms with van der Waals surface area (Å²) in [7, 11) is 1.94. The summed E-state index contributed by atoms with van der Waals surface area (Å²) in [4.78, 5) is 0. The Bertz CT molecular complexity index is 543. The molecular weight excluding hydrogens is 330 g/mol. The van der Waals surface area contributed by atoms with E-state index < -0.39 is 0 Å². The number of halogens is 1. The summed E-state index contributed by atoms with van der Waals surface area (Å²) >= 11 is 3.45. The Kier molecular flexibility index (Phi) is 6.73. The Labute approximate surface area is 134 Å². The average molecular weight is 350 g/mol. The maximum atomic E-state index is 5.65. The van der Waals surface area contributed by atoms with Crippen LogP contribution >= 0.6 is 15.9 Å². The highest BCUT2D eigenvalue weighted by Crippen LogP contribution is 2.13. The first-order chi connectivity index (χ1) is 10.3. The SMILES string of the molecule is CNCc1ccc(OCCOCc2cccc(Br)c2)cc1. The number of ether oxygens (including phenoxy) is 2. The molecule has 0 aromatic heterocycles. The van der Waals surface area contributed by atoms with Crippen LogP contribution in [0.4, 0.5) is 0 Å². The lowest BCUT2D eigenvalue weighted by Gasteiger charge is -2.08. The van der Waals surface area contributed by atoms with Gasteiger partial charge in [-0.05, 0) is 42.4 Å². The van der Waals surface area contributed by atoms with Crippen molar-refractivity contribution < 1.29 is 9.47 Å². The minimum Gasteiger partial charge on any atom is -0.491 e. The molecule has 2 aromatic rings. The second kappa shape index (κ2) is 8.82. The van der Waals surface area contributed by atoms with Crippen LogP contribution in [0.15, 0.2) is 53.0 Å². The molecule has 0 fully saturated rings. The zero-order chi connectivity index (χ0) is 14.9. The van der Waals surface area contributed by atoms with Crippen LogP contribution in [0, 0.1) is 0 Å². The van der Waals surface area contributed by atoms with Gasteiger partial charge in [0.15, 0.2) is 0 Å². The highest BCUT2D eigenvalue weighted by molar-refractivity contribution is 9.10. The highest BCUT2D eigenvalue weighted by atomic mass is 79.9. The Balaban J connectivity index is 1.65. The third-order valence-electron chi connectivity index (χ3n) is 2.96. The van der Waals surface area contributed by atoms with Gasteiger partial charge >= 0.3 is 0 Å². The number of hydrogen-bond acceptors (Lipinski definition) is 3. The van der Waals surface area contributed by atoms with Crippen LogP contribution in [0.2, 0.25) is 0 Å². The number of nitrogens with one attached hydrogen (secondary N) is 1. The molecule has 0 amide bonds. The van der Waals surface area contributed by atoms with Crippen LogP contribution in [-0.4, -0.2) is 20.3 Å². The normalized spacial score (nSPS) is 10.6. The molecular formula is C17H20BrNO2. The quantitative estimate of drug-likeness (QED) is 0.736. The van der Waals surface area contributed by atoms with Crippen LogP contribution < -0.4 is 10.1 Å². The first-order valence-corrected chi connectivity index (χ1v) is 7.76. The fourth-order valence-corrected chi connectivity index (χ4v) is 2.39. The zero-order valence-corrected chi connectivity index (χ0v) is 13.7. The molecule has 0 saturated heterocycles. The zero-order valence-electron chi connectivity index (χ0n) is 12.1. The van der Waals surface area contributed by atoms with E-state index in [1.54, 1.807) is 0 Å². The topological polar surface area (TPSA) is 30.5 Å². The summed E-state index contributed by atoms with van der Waals surface area (Å²) in [6.07, 6.45) is 0. The number of hydrogen-bond donors (Lipinski definition) is 1. The van der Waals surface area contributed by atoms with E-state index >= 15 is 0 Å². The van der Waals surface area contributed by atoms with E-state index in [9.17, 15) is 0 Å². The van der Waals surface area contributed by atoms with E-state index in [0.717, 1.165) is 22.3 Å². The highest BCUT2D eigenvalue weighted by Gasteiger charge is 1.97. The van der Waals surface area contributed by atoms with Gasteiger partial charge in [-0.25, -0.2) is 0 Å². The monoisotopic (exact) mass is 349 g/mol. The Morgan fingerprint density at radius 3 is 2.52 bits per heavy atom. The summed E-state index contributed by atoms with van der Waals surface area (Å²) < 4.78 is 12.3. The van der Waals surface area contributed by atoms with Gasteiger partial charge in [0.2, 0.25) is 0 Å². The molecule has 112 valence electrons. The number of benzene rings is 2. The predicted molar refractivity (Wildman–Crippen MR) is 88.5 cm³/mol. The molecule has 0 atom stereocenters. The fraction of sp³-hybridized carbons (Fsp3) is 0.294. The third-order valence-corrected chi connectivity index (χ3v) is 3.45. The standard InChI is InChI=1S/C17H20BrNO2/c1-19-12-14-5-7-17(8-6-14)21-10-9-20-13-15-3-2-4-16(18)11-15/h2-8,11,19H,9-10,12-13H2,1H3. The minimum atomic E-state index is 0.555. The molecule has 0 bridgehead atoms. The van der Waals surface area contributed by atoms with Gasteiger partial charge in [-0.3, -0.25) is 0 Å². The van der Waals surface area contributed by atoms with Gasteiger partial charge in [-0.1, -0.05) is 40.2 Å². The summed E-state index contributed by atoms with van der Waals surface area (Å²) in [5, 5.41) is 3.12.